The number of hydrogen-bond acceptors (Lipinski definition) is 4. The first kappa shape index (κ1) is 19.5. The zero-order valence-corrected chi connectivity index (χ0v) is 14.6. The zero-order valence-electron chi connectivity index (χ0n) is 14.6. The lowest BCUT2D eigenvalue weighted by Crippen LogP contribution is -2.27. The van der Waals surface area contributed by atoms with Gasteiger partial charge in [0.15, 0.2) is 12.3 Å². The SMILES string of the molecule is O=C(NCCCn1nc2ccccn2c1=O)c1ccc(OCC(F)(F)F)cc1. The first-order valence-corrected chi connectivity index (χ1v) is 8.45. The molecule has 0 atom stereocenters. The summed E-state index contributed by atoms with van der Waals surface area (Å²) in [6.45, 7) is -0.739. The second kappa shape index (κ2) is 8.15. The van der Waals surface area contributed by atoms with Crippen molar-refractivity contribution in [2.45, 2.75) is 19.1 Å². The monoisotopic (exact) mass is 394 g/mol. The summed E-state index contributed by atoms with van der Waals surface area (Å²) in [7, 11) is 0. The number of halogens is 3. The van der Waals surface area contributed by atoms with Crippen molar-refractivity contribution >= 4 is 11.6 Å². The Morgan fingerprint density at radius 3 is 2.57 bits per heavy atom. The van der Waals surface area contributed by atoms with Gasteiger partial charge in [0.1, 0.15) is 5.75 Å². The molecule has 3 rings (SSSR count). The Hall–Kier alpha value is -3.30. The molecule has 0 aliphatic heterocycles. The fourth-order valence-electron chi connectivity index (χ4n) is 2.51. The number of pyridine rings is 1. The minimum atomic E-state index is -4.42. The number of alkyl halides is 3. The maximum absolute atomic E-state index is 12.1. The van der Waals surface area contributed by atoms with E-state index in [1.165, 1.54) is 33.3 Å². The quantitative estimate of drug-likeness (QED) is 0.624. The second-order valence-electron chi connectivity index (χ2n) is 5.97. The number of ether oxygens (including phenoxy) is 1. The van der Waals surface area contributed by atoms with Crippen molar-refractivity contribution in [1.29, 1.82) is 0 Å². The third-order valence-corrected chi connectivity index (χ3v) is 3.84. The Bertz CT molecular complexity index is 1010. The van der Waals surface area contributed by atoms with Gasteiger partial charge in [0.2, 0.25) is 0 Å². The predicted octanol–water partition coefficient (Wildman–Crippen LogP) is 2.26. The summed E-state index contributed by atoms with van der Waals surface area (Å²) in [5.74, 6) is -0.343. The highest BCUT2D eigenvalue weighted by molar-refractivity contribution is 5.94. The number of nitrogens with one attached hydrogen (secondary N) is 1. The van der Waals surface area contributed by atoms with Crippen molar-refractivity contribution < 1.29 is 22.7 Å². The van der Waals surface area contributed by atoms with Gasteiger partial charge < -0.3 is 10.1 Å². The van der Waals surface area contributed by atoms with Crippen molar-refractivity contribution in [3.05, 3.63) is 64.7 Å². The van der Waals surface area contributed by atoms with E-state index in [1.54, 1.807) is 24.4 Å². The molecule has 0 aliphatic rings. The van der Waals surface area contributed by atoms with E-state index < -0.39 is 12.8 Å². The van der Waals surface area contributed by atoms with Gasteiger partial charge in [-0.05, 0) is 42.8 Å². The van der Waals surface area contributed by atoms with Gasteiger partial charge in [-0.15, -0.1) is 5.10 Å². The van der Waals surface area contributed by atoms with Gasteiger partial charge in [-0.3, -0.25) is 9.20 Å². The summed E-state index contributed by atoms with van der Waals surface area (Å²) < 4.78 is 43.7. The van der Waals surface area contributed by atoms with E-state index in [1.807, 2.05) is 0 Å². The molecule has 0 saturated carbocycles. The van der Waals surface area contributed by atoms with Crippen molar-refractivity contribution in [2.24, 2.45) is 0 Å². The summed E-state index contributed by atoms with van der Waals surface area (Å²) in [5, 5.41) is 6.88. The lowest BCUT2D eigenvalue weighted by atomic mass is 10.2. The molecule has 2 aromatic heterocycles. The number of benzene rings is 1. The summed E-state index contributed by atoms with van der Waals surface area (Å²) in [5.41, 5.74) is 0.588. The molecule has 0 aliphatic carbocycles. The van der Waals surface area contributed by atoms with Crippen LogP contribution in [0.2, 0.25) is 0 Å². The average molecular weight is 394 g/mol. The number of carbonyl (C=O) groups excluding carboxylic acids is 1. The van der Waals surface area contributed by atoms with Crippen LogP contribution in [0.5, 0.6) is 5.75 Å². The van der Waals surface area contributed by atoms with E-state index in [0.717, 1.165) is 0 Å². The van der Waals surface area contributed by atoms with Crippen molar-refractivity contribution in [1.82, 2.24) is 19.5 Å². The Morgan fingerprint density at radius 2 is 1.89 bits per heavy atom. The molecular formula is C18H17F3N4O3. The van der Waals surface area contributed by atoms with Crippen LogP contribution >= 0.6 is 0 Å². The highest BCUT2D eigenvalue weighted by Gasteiger charge is 2.28. The highest BCUT2D eigenvalue weighted by Crippen LogP contribution is 2.18. The Balaban J connectivity index is 1.47. The molecule has 0 saturated heterocycles. The van der Waals surface area contributed by atoms with Crippen LogP contribution in [-0.2, 0) is 6.54 Å². The molecular weight excluding hydrogens is 377 g/mol. The molecule has 0 spiro atoms. The number of aromatic nitrogens is 3. The van der Waals surface area contributed by atoms with Gasteiger partial charge in [-0.25, -0.2) is 9.48 Å². The van der Waals surface area contributed by atoms with Crippen LogP contribution < -0.4 is 15.7 Å². The number of aryl methyl sites for hydroxylation is 1. The standard InChI is InChI=1S/C18H17F3N4O3/c19-18(20,21)12-28-14-7-5-13(6-8-14)16(26)22-9-3-11-25-17(27)24-10-2-1-4-15(24)23-25/h1-2,4-8,10H,3,9,11-12H2,(H,22,26). The zero-order chi connectivity index (χ0) is 20.1. The van der Waals surface area contributed by atoms with E-state index >= 15 is 0 Å². The van der Waals surface area contributed by atoms with Crippen molar-refractivity contribution in [3.8, 4) is 5.75 Å². The maximum atomic E-state index is 12.1. The van der Waals surface area contributed by atoms with Gasteiger partial charge in [0.05, 0.1) is 0 Å². The second-order valence-corrected chi connectivity index (χ2v) is 5.97. The van der Waals surface area contributed by atoms with Crippen LogP contribution in [-0.4, -0.2) is 39.4 Å². The van der Waals surface area contributed by atoms with Crippen LogP contribution in [0.25, 0.3) is 5.65 Å². The summed E-state index contributed by atoms with van der Waals surface area (Å²) in [6, 6.07) is 10.6. The van der Waals surface area contributed by atoms with Crippen LogP contribution in [0.15, 0.2) is 53.5 Å². The van der Waals surface area contributed by atoms with E-state index in [4.69, 9.17) is 0 Å². The van der Waals surface area contributed by atoms with Gasteiger partial charge >= 0.3 is 11.9 Å². The van der Waals surface area contributed by atoms with Crippen LogP contribution in [0.3, 0.4) is 0 Å². The molecule has 1 N–H and O–H groups in total. The number of hydrogen-bond donors (Lipinski definition) is 1. The van der Waals surface area contributed by atoms with E-state index in [-0.39, 0.29) is 17.3 Å². The normalized spacial score (nSPS) is 11.5. The van der Waals surface area contributed by atoms with E-state index in [9.17, 15) is 22.8 Å². The van der Waals surface area contributed by atoms with Gasteiger partial charge in [-0.1, -0.05) is 6.07 Å². The first-order chi connectivity index (χ1) is 13.3. The van der Waals surface area contributed by atoms with Gasteiger partial charge in [0, 0.05) is 24.8 Å². The number of carbonyl (C=O) groups is 1. The summed E-state index contributed by atoms with van der Waals surface area (Å²) in [4.78, 5) is 24.2. The lowest BCUT2D eigenvalue weighted by molar-refractivity contribution is -0.153. The van der Waals surface area contributed by atoms with E-state index in [0.29, 0.717) is 30.7 Å². The van der Waals surface area contributed by atoms with Crippen LogP contribution in [0, 0.1) is 0 Å². The minimum absolute atomic E-state index is 0.0279. The molecule has 2 heterocycles. The van der Waals surface area contributed by atoms with E-state index in [2.05, 4.69) is 15.2 Å². The fourth-order valence-corrected chi connectivity index (χ4v) is 2.51. The van der Waals surface area contributed by atoms with Crippen LogP contribution in [0.4, 0.5) is 13.2 Å². The van der Waals surface area contributed by atoms with Crippen LogP contribution in [0.1, 0.15) is 16.8 Å². The third-order valence-electron chi connectivity index (χ3n) is 3.84. The molecule has 10 heteroatoms. The summed E-state index contributed by atoms with van der Waals surface area (Å²) >= 11 is 0. The number of fused-ring (bicyclic) bond motifs is 1. The molecule has 0 bridgehead atoms. The molecule has 28 heavy (non-hydrogen) atoms. The molecule has 3 aromatic rings. The molecule has 1 aromatic carbocycles. The molecule has 1 amide bonds. The maximum Gasteiger partial charge on any atom is 0.422 e. The first-order valence-electron chi connectivity index (χ1n) is 8.45. The largest absolute Gasteiger partial charge is 0.484 e. The summed E-state index contributed by atoms with van der Waals surface area (Å²) in [6.07, 6.45) is -2.30. The number of nitrogens with zero attached hydrogens (tertiary/aromatic N) is 3. The third kappa shape index (κ3) is 4.90. The lowest BCUT2D eigenvalue weighted by Gasteiger charge is -2.09. The topological polar surface area (TPSA) is 77.6 Å². The smallest absolute Gasteiger partial charge is 0.422 e. The van der Waals surface area contributed by atoms with Gasteiger partial charge in [0.25, 0.3) is 5.91 Å². The minimum Gasteiger partial charge on any atom is -0.484 e. The van der Waals surface area contributed by atoms with Crippen molar-refractivity contribution in [2.75, 3.05) is 13.2 Å². The predicted molar refractivity (Wildman–Crippen MR) is 94.4 cm³/mol. The van der Waals surface area contributed by atoms with Crippen molar-refractivity contribution in [3.63, 3.8) is 0 Å². The number of amides is 1. The molecule has 0 fully saturated rings. The Kier molecular flexibility index (Phi) is 5.67. The Morgan fingerprint density at radius 1 is 1.14 bits per heavy atom. The molecule has 148 valence electrons. The molecule has 0 unspecified atom stereocenters. The number of rotatable bonds is 7. The molecule has 7 nitrogen and oxygen atoms in total. The average Bonchev–Trinajstić information content (AvgIpc) is 2.99. The Labute approximate surface area is 157 Å². The fraction of sp³-hybridized carbons (Fsp3) is 0.278. The highest BCUT2D eigenvalue weighted by atomic mass is 19.4. The van der Waals surface area contributed by atoms with Gasteiger partial charge in [-0.2, -0.15) is 13.2 Å². The molecule has 0 radical (unpaired) electrons.